The van der Waals surface area contributed by atoms with E-state index in [0.717, 1.165) is 18.6 Å². The second-order valence-electron chi connectivity index (χ2n) is 4.34. The summed E-state index contributed by atoms with van der Waals surface area (Å²) in [6, 6.07) is 3.50. The van der Waals surface area contributed by atoms with Gasteiger partial charge < -0.3 is 9.84 Å². The Labute approximate surface area is 92.9 Å². The first-order chi connectivity index (χ1) is 7.51. The van der Waals surface area contributed by atoms with Crippen LogP contribution in [0.15, 0.2) is 18.2 Å². The van der Waals surface area contributed by atoms with Crippen LogP contribution in [-0.4, -0.2) is 18.3 Å². The summed E-state index contributed by atoms with van der Waals surface area (Å²) in [6.07, 6.45) is 0.728. The maximum atomic E-state index is 13.1. The zero-order chi connectivity index (χ0) is 11.8. The number of aliphatic hydroxyl groups is 1. The summed E-state index contributed by atoms with van der Waals surface area (Å²) < 4.78 is 31.1. The van der Waals surface area contributed by atoms with E-state index in [0.29, 0.717) is 18.8 Å². The van der Waals surface area contributed by atoms with Crippen molar-refractivity contribution in [2.45, 2.75) is 18.9 Å². The van der Waals surface area contributed by atoms with Crippen molar-refractivity contribution in [3.8, 4) is 0 Å². The van der Waals surface area contributed by atoms with E-state index in [4.69, 9.17) is 4.74 Å². The Bertz CT molecular complexity index is 385. The van der Waals surface area contributed by atoms with Crippen LogP contribution in [0.25, 0.3) is 0 Å². The van der Waals surface area contributed by atoms with Crippen molar-refractivity contribution in [2.75, 3.05) is 13.2 Å². The molecular weight excluding hydrogens is 214 g/mol. The summed E-state index contributed by atoms with van der Waals surface area (Å²) in [5.74, 6) is -1.91. The van der Waals surface area contributed by atoms with Crippen molar-refractivity contribution in [1.29, 1.82) is 0 Å². The van der Waals surface area contributed by atoms with Crippen molar-refractivity contribution in [3.05, 3.63) is 35.4 Å². The highest BCUT2D eigenvalue weighted by Crippen LogP contribution is 2.35. The third kappa shape index (κ3) is 1.95. The lowest BCUT2D eigenvalue weighted by Gasteiger charge is -2.29. The molecule has 0 amide bonds. The van der Waals surface area contributed by atoms with Crippen molar-refractivity contribution in [2.24, 2.45) is 5.92 Å². The normalized spacial score (nSPS) is 24.4. The standard InChI is InChI=1S/C12H14F2O2/c1-12(15,9-4-5-16-7-9)8-2-3-10(13)11(14)6-8/h2-3,6,9,15H,4-5,7H2,1H3. The number of benzene rings is 1. The van der Waals surface area contributed by atoms with E-state index in [1.807, 2.05) is 0 Å². The summed E-state index contributed by atoms with van der Waals surface area (Å²) in [4.78, 5) is 0. The van der Waals surface area contributed by atoms with Crippen LogP contribution in [0.4, 0.5) is 8.78 Å². The lowest BCUT2D eigenvalue weighted by molar-refractivity contribution is -0.0100. The molecule has 0 aliphatic carbocycles. The molecule has 2 atom stereocenters. The molecule has 1 heterocycles. The molecule has 0 aromatic heterocycles. The van der Waals surface area contributed by atoms with Gasteiger partial charge in [-0.15, -0.1) is 0 Å². The zero-order valence-corrected chi connectivity index (χ0v) is 9.04. The molecule has 16 heavy (non-hydrogen) atoms. The highest BCUT2D eigenvalue weighted by Gasteiger charge is 2.36. The molecule has 0 spiro atoms. The summed E-state index contributed by atoms with van der Waals surface area (Å²) in [6.45, 7) is 2.66. The number of rotatable bonds is 2. The van der Waals surface area contributed by atoms with Gasteiger partial charge >= 0.3 is 0 Å². The summed E-state index contributed by atoms with van der Waals surface area (Å²) in [5.41, 5.74) is -0.785. The van der Waals surface area contributed by atoms with Gasteiger partial charge in [0.05, 0.1) is 12.2 Å². The van der Waals surface area contributed by atoms with Gasteiger partial charge in [0.1, 0.15) is 0 Å². The van der Waals surface area contributed by atoms with Gasteiger partial charge in [-0.05, 0) is 31.0 Å². The summed E-state index contributed by atoms with van der Waals surface area (Å²) in [5, 5.41) is 10.3. The highest BCUT2D eigenvalue weighted by atomic mass is 19.2. The first kappa shape index (κ1) is 11.5. The molecule has 88 valence electrons. The van der Waals surface area contributed by atoms with Crippen LogP contribution < -0.4 is 0 Å². The Balaban J connectivity index is 2.30. The third-order valence-corrected chi connectivity index (χ3v) is 3.23. The van der Waals surface area contributed by atoms with Crippen LogP contribution in [0.2, 0.25) is 0 Å². The average Bonchev–Trinajstić information content (AvgIpc) is 2.75. The van der Waals surface area contributed by atoms with Gasteiger partial charge in [-0.2, -0.15) is 0 Å². The fraction of sp³-hybridized carbons (Fsp3) is 0.500. The maximum absolute atomic E-state index is 13.1. The minimum atomic E-state index is -1.18. The molecule has 1 aliphatic heterocycles. The molecule has 2 rings (SSSR count). The molecule has 1 aliphatic rings. The van der Waals surface area contributed by atoms with Crippen LogP contribution in [0.1, 0.15) is 18.9 Å². The minimum Gasteiger partial charge on any atom is -0.385 e. The SMILES string of the molecule is CC(O)(c1ccc(F)c(F)c1)C1CCOC1. The molecular formula is C12H14F2O2. The Morgan fingerprint density at radius 1 is 1.38 bits per heavy atom. The Morgan fingerprint density at radius 3 is 2.69 bits per heavy atom. The first-order valence-electron chi connectivity index (χ1n) is 5.27. The topological polar surface area (TPSA) is 29.5 Å². The van der Waals surface area contributed by atoms with Crippen molar-refractivity contribution < 1.29 is 18.6 Å². The van der Waals surface area contributed by atoms with E-state index >= 15 is 0 Å². The van der Waals surface area contributed by atoms with E-state index in [2.05, 4.69) is 0 Å². The molecule has 1 saturated heterocycles. The lowest BCUT2D eigenvalue weighted by atomic mass is 9.82. The number of hydrogen-bond donors (Lipinski definition) is 1. The monoisotopic (exact) mass is 228 g/mol. The third-order valence-electron chi connectivity index (χ3n) is 3.23. The van der Waals surface area contributed by atoms with Crippen LogP contribution >= 0.6 is 0 Å². The second-order valence-corrected chi connectivity index (χ2v) is 4.34. The van der Waals surface area contributed by atoms with E-state index in [1.165, 1.54) is 6.07 Å². The number of halogens is 2. The number of hydrogen-bond acceptors (Lipinski definition) is 2. The van der Waals surface area contributed by atoms with Gasteiger partial charge in [0.25, 0.3) is 0 Å². The minimum absolute atomic E-state index is 0.0719. The Kier molecular flexibility index (Phi) is 2.95. The zero-order valence-electron chi connectivity index (χ0n) is 9.04. The summed E-state index contributed by atoms with van der Waals surface area (Å²) >= 11 is 0. The molecule has 0 radical (unpaired) electrons. The first-order valence-corrected chi connectivity index (χ1v) is 5.27. The van der Waals surface area contributed by atoms with E-state index < -0.39 is 17.2 Å². The highest BCUT2D eigenvalue weighted by molar-refractivity contribution is 5.24. The fourth-order valence-corrected chi connectivity index (χ4v) is 2.02. The van der Waals surface area contributed by atoms with Gasteiger partial charge in [-0.25, -0.2) is 8.78 Å². The van der Waals surface area contributed by atoms with Crippen molar-refractivity contribution in [1.82, 2.24) is 0 Å². The lowest BCUT2D eigenvalue weighted by Crippen LogP contribution is -2.32. The quantitative estimate of drug-likeness (QED) is 0.841. The molecule has 1 fully saturated rings. The number of ether oxygens (including phenoxy) is 1. The second kappa shape index (κ2) is 4.11. The maximum Gasteiger partial charge on any atom is 0.159 e. The van der Waals surface area contributed by atoms with Gasteiger partial charge in [-0.3, -0.25) is 0 Å². The Morgan fingerprint density at radius 2 is 2.12 bits per heavy atom. The molecule has 1 aromatic carbocycles. The predicted octanol–water partition coefficient (Wildman–Crippen LogP) is 2.21. The largest absolute Gasteiger partial charge is 0.385 e. The molecule has 0 bridgehead atoms. The van der Waals surface area contributed by atoms with Crippen molar-refractivity contribution in [3.63, 3.8) is 0 Å². The van der Waals surface area contributed by atoms with E-state index in [1.54, 1.807) is 6.92 Å². The molecule has 1 aromatic rings. The van der Waals surface area contributed by atoms with Gasteiger partial charge in [0.15, 0.2) is 11.6 Å². The fourth-order valence-electron chi connectivity index (χ4n) is 2.02. The van der Waals surface area contributed by atoms with Crippen LogP contribution in [0.3, 0.4) is 0 Å². The Hall–Kier alpha value is -1.00. The van der Waals surface area contributed by atoms with Crippen molar-refractivity contribution >= 4 is 0 Å². The van der Waals surface area contributed by atoms with Crippen LogP contribution in [0, 0.1) is 17.6 Å². The van der Waals surface area contributed by atoms with E-state index in [-0.39, 0.29) is 5.92 Å². The van der Waals surface area contributed by atoms with Crippen LogP contribution in [0.5, 0.6) is 0 Å². The van der Waals surface area contributed by atoms with Gasteiger partial charge in [-0.1, -0.05) is 6.07 Å². The van der Waals surface area contributed by atoms with Gasteiger partial charge in [0.2, 0.25) is 0 Å². The predicted molar refractivity (Wildman–Crippen MR) is 54.9 cm³/mol. The average molecular weight is 228 g/mol. The molecule has 0 saturated carbocycles. The van der Waals surface area contributed by atoms with Gasteiger partial charge in [0, 0.05) is 12.5 Å². The smallest absolute Gasteiger partial charge is 0.159 e. The molecule has 4 heteroatoms. The van der Waals surface area contributed by atoms with Crippen LogP contribution in [-0.2, 0) is 10.3 Å². The summed E-state index contributed by atoms with van der Waals surface area (Å²) in [7, 11) is 0. The molecule has 2 unspecified atom stereocenters. The molecule has 2 nitrogen and oxygen atoms in total. The molecule has 1 N–H and O–H groups in total. The van der Waals surface area contributed by atoms with E-state index in [9.17, 15) is 13.9 Å².